The van der Waals surface area contributed by atoms with E-state index in [1.807, 2.05) is 19.2 Å². The topological polar surface area (TPSA) is 39.7 Å². The smallest absolute Gasteiger partial charge is 0.191 e. The summed E-state index contributed by atoms with van der Waals surface area (Å²) >= 11 is 0. The van der Waals surface area contributed by atoms with Gasteiger partial charge in [-0.15, -0.1) is 0 Å². The number of rotatable bonds is 7. The van der Waals surface area contributed by atoms with Gasteiger partial charge in [0.2, 0.25) is 0 Å². The minimum atomic E-state index is 0.305. The summed E-state index contributed by atoms with van der Waals surface area (Å²) in [6.45, 7) is 1.67. The van der Waals surface area contributed by atoms with Crippen LogP contribution in [0, 0.1) is 0 Å². The number of hydrogen-bond acceptors (Lipinski definition) is 2. The Morgan fingerprint density at radius 1 is 0.958 bits per heavy atom. The first-order valence-corrected chi connectivity index (χ1v) is 8.40. The second-order valence-corrected chi connectivity index (χ2v) is 6.01. The molecule has 0 aliphatic carbocycles. The highest BCUT2D eigenvalue weighted by molar-refractivity contribution is 5.79. The highest BCUT2D eigenvalue weighted by Gasteiger charge is 2.14. The van der Waals surface area contributed by atoms with Crippen molar-refractivity contribution in [2.24, 2.45) is 4.99 Å². The fourth-order valence-corrected chi connectivity index (χ4v) is 2.66. The Kier molecular flexibility index (Phi) is 7.30. The van der Waals surface area contributed by atoms with E-state index in [4.69, 9.17) is 0 Å². The first-order chi connectivity index (χ1) is 11.7. The fourth-order valence-electron chi connectivity index (χ4n) is 2.66. The van der Waals surface area contributed by atoms with Gasteiger partial charge in [0.05, 0.1) is 6.04 Å². The first kappa shape index (κ1) is 18.0. The van der Waals surface area contributed by atoms with Crippen LogP contribution in [0.1, 0.15) is 17.2 Å². The van der Waals surface area contributed by atoms with Crippen molar-refractivity contribution in [3.63, 3.8) is 0 Å². The Morgan fingerprint density at radius 3 is 2.17 bits per heavy atom. The SMILES string of the molecule is CN=C(NCCc1ccccc1)NCC(c1ccccc1)N(C)C. The highest BCUT2D eigenvalue weighted by atomic mass is 15.2. The zero-order valence-electron chi connectivity index (χ0n) is 14.9. The molecule has 0 saturated carbocycles. The predicted molar refractivity (Wildman–Crippen MR) is 102 cm³/mol. The minimum Gasteiger partial charge on any atom is -0.356 e. The van der Waals surface area contributed by atoms with Gasteiger partial charge >= 0.3 is 0 Å². The number of benzene rings is 2. The zero-order valence-corrected chi connectivity index (χ0v) is 14.9. The molecule has 2 N–H and O–H groups in total. The Bertz CT molecular complexity index is 608. The average molecular weight is 324 g/mol. The average Bonchev–Trinajstić information content (AvgIpc) is 2.62. The number of hydrogen-bond donors (Lipinski definition) is 2. The summed E-state index contributed by atoms with van der Waals surface area (Å²) in [6, 6.07) is 21.3. The van der Waals surface area contributed by atoms with Gasteiger partial charge in [0.25, 0.3) is 0 Å². The molecule has 0 aliphatic rings. The van der Waals surface area contributed by atoms with E-state index in [1.54, 1.807) is 0 Å². The van der Waals surface area contributed by atoms with Gasteiger partial charge in [-0.25, -0.2) is 0 Å². The number of aliphatic imine (C=N–C) groups is 1. The molecule has 0 fully saturated rings. The molecule has 24 heavy (non-hydrogen) atoms. The molecule has 1 unspecified atom stereocenters. The number of nitrogens with zero attached hydrogens (tertiary/aromatic N) is 2. The molecule has 0 aromatic heterocycles. The lowest BCUT2D eigenvalue weighted by molar-refractivity contribution is 0.298. The van der Waals surface area contributed by atoms with Crippen LogP contribution in [0.3, 0.4) is 0 Å². The van der Waals surface area contributed by atoms with Crippen molar-refractivity contribution in [1.82, 2.24) is 15.5 Å². The minimum absolute atomic E-state index is 0.305. The monoisotopic (exact) mass is 324 g/mol. The standard InChI is InChI=1S/C20H28N4/c1-21-20(22-15-14-17-10-6-4-7-11-17)23-16-19(24(2)3)18-12-8-5-9-13-18/h4-13,19H,14-16H2,1-3H3,(H2,21,22,23). The van der Waals surface area contributed by atoms with E-state index in [2.05, 4.69) is 83.2 Å². The summed E-state index contributed by atoms with van der Waals surface area (Å²) in [5.41, 5.74) is 2.63. The van der Waals surface area contributed by atoms with E-state index in [0.29, 0.717) is 6.04 Å². The van der Waals surface area contributed by atoms with Crippen LogP contribution in [0.25, 0.3) is 0 Å². The lowest BCUT2D eigenvalue weighted by Crippen LogP contribution is -2.42. The van der Waals surface area contributed by atoms with Crippen molar-refractivity contribution in [3.8, 4) is 0 Å². The highest BCUT2D eigenvalue weighted by Crippen LogP contribution is 2.16. The van der Waals surface area contributed by atoms with Crippen LogP contribution >= 0.6 is 0 Å². The summed E-state index contributed by atoms with van der Waals surface area (Å²) in [5.74, 6) is 0.841. The zero-order chi connectivity index (χ0) is 17.2. The van der Waals surface area contributed by atoms with E-state index in [1.165, 1.54) is 11.1 Å². The van der Waals surface area contributed by atoms with Crippen LogP contribution in [0.4, 0.5) is 0 Å². The Labute approximate surface area is 145 Å². The van der Waals surface area contributed by atoms with Crippen molar-refractivity contribution in [1.29, 1.82) is 0 Å². The van der Waals surface area contributed by atoms with Gasteiger partial charge in [0.15, 0.2) is 5.96 Å². The molecule has 4 nitrogen and oxygen atoms in total. The van der Waals surface area contributed by atoms with Gasteiger partial charge in [0, 0.05) is 20.1 Å². The van der Waals surface area contributed by atoms with Gasteiger partial charge in [0.1, 0.15) is 0 Å². The predicted octanol–water partition coefficient (Wildman–Crippen LogP) is 2.70. The summed E-state index contributed by atoms with van der Waals surface area (Å²) in [7, 11) is 6.01. The Morgan fingerprint density at radius 2 is 1.58 bits per heavy atom. The Balaban J connectivity index is 1.83. The summed E-state index contributed by atoms with van der Waals surface area (Å²) in [5, 5.41) is 6.82. The number of likely N-dealkylation sites (N-methyl/N-ethyl adjacent to an activating group) is 1. The van der Waals surface area contributed by atoms with E-state index in [0.717, 1.165) is 25.5 Å². The molecular formula is C20H28N4. The second kappa shape index (κ2) is 9.73. The molecule has 1 atom stereocenters. The maximum Gasteiger partial charge on any atom is 0.191 e. The molecule has 2 rings (SSSR count). The molecule has 0 radical (unpaired) electrons. The molecule has 0 saturated heterocycles. The van der Waals surface area contributed by atoms with Crippen LogP contribution in [0.5, 0.6) is 0 Å². The van der Waals surface area contributed by atoms with Crippen molar-refractivity contribution < 1.29 is 0 Å². The van der Waals surface area contributed by atoms with E-state index in [-0.39, 0.29) is 0 Å². The fraction of sp³-hybridized carbons (Fsp3) is 0.350. The van der Waals surface area contributed by atoms with Gasteiger partial charge in [-0.05, 0) is 31.6 Å². The summed E-state index contributed by atoms with van der Waals surface area (Å²) in [4.78, 5) is 6.54. The van der Waals surface area contributed by atoms with Crippen LogP contribution in [0.2, 0.25) is 0 Å². The third-order valence-corrected chi connectivity index (χ3v) is 4.04. The van der Waals surface area contributed by atoms with Gasteiger partial charge in [-0.1, -0.05) is 60.7 Å². The number of guanidine groups is 1. The molecule has 2 aromatic carbocycles. The Hall–Kier alpha value is -2.33. The first-order valence-electron chi connectivity index (χ1n) is 8.40. The van der Waals surface area contributed by atoms with Gasteiger partial charge in [-0.2, -0.15) is 0 Å². The lowest BCUT2D eigenvalue weighted by Gasteiger charge is -2.26. The summed E-state index contributed by atoms with van der Waals surface area (Å²) in [6.07, 6.45) is 0.983. The van der Waals surface area contributed by atoms with Gasteiger partial charge in [-0.3, -0.25) is 4.99 Å². The van der Waals surface area contributed by atoms with Crippen molar-refractivity contribution >= 4 is 5.96 Å². The van der Waals surface area contributed by atoms with Gasteiger partial charge < -0.3 is 15.5 Å². The van der Waals surface area contributed by atoms with Crippen molar-refractivity contribution in [2.75, 3.05) is 34.2 Å². The molecule has 0 spiro atoms. The normalized spacial score (nSPS) is 12.9. The second-order valence-electron chi connectivity index (χ2n) is 6.01. The lowest BCUT2D eigenvalue weighted by atomic mass is 10.1. The van der Waals surface area contributed by atoms with E-state index in [9.17, 15) is 0 Å². The molecule has 4 heteroatoms. The van der Waals surface area contributed by atoms with Crippen LogP contribution in [-0.4, -0.2) is 45.1 Å². The quantitative estimate of drug-likeness (QED) is 0.608. The maximum absolute atomic E-state index is 4.32. The molecule has 0 amide bonds. The molecule has 0 heterocycles. The molecule has 2 aromatic rings. The van der Waals surface area contributed by atoms with Crippen LogP contribution in [-0.2, 0) is 6.42 Å². The van der Waals surface area contributed by atoms with E-state index < -0.39 is 0 Å². The van der Waals surface area contributed by atoms with Crippen molar-refractivity contribution in [2.45, 2.75) is 12.5 Å². The maximum atomic E-state index is 4.32. The molecular weight excluding hydrogens is 296 g/mol. The largest absolute Gasteiger partial charge is 0.356 e. The molecule has 128 valence electrons. The molecule has 0 bridgehead atoms. The third-order valence-electron chi connectivity index (χ3n) is 4.04. The van der Waals surface area contributed by atoms with Crippen molar-refractivity contribution in [3.05, 3.63) is 71.8 Å². The molecule has 0 aliphatic heterocycles. The van der Waals surface area contributed by atoms with E-state index >= 15 is 0 Å². The number of nitrogens with one attached hydrogen (secondary N) is 2. The summed E-state index contributed by atoms with van der Waals surface area (Å²) < 4.78 is 0. The van der Waals surface area contributed by atoms with Crippen LogP contribution in [0.15, 0.2) is 65.7 Å². The van der Waals surface area contributed by atoms with Crippen LogP contribution < -0.4 is 10.6 Å². The third kappa shape index (κ3) is 5.70.